The highest BCUT2D eigenvalue weighted by atomic mass is 19.1. The second-order valence-electron chi connectivity index (χ2n) is 10.7. The summed E-state index contributed by atoms with van der Waals surface area (Å²) in [5.41, 5.74) is 2.40. The number of aromatic nitrogens is 4. The number of methoxy groups -OCH3 is 1. The summed E-state index contributed by atoms with van der Waals surface area (Å²) in [5.74, 6) is 1.63. The van der Waals surface area contributed by atoms with Crippen molar-refractivity contribution in [3.8, 4) is 17.3 Å². The lowest BCUT2D eigenvalue weighted by Gasteiger charge is -2.32. The summed E-state index contributed by atoms with van der Waals surface area (Å²) in [5, 5.41) is 6.49. The zero-order valence-corrected chi connectivity index (χ0v) is 24.0. The molecule has 6 rings (SSSR count). The molecule has 1 aliphatic heterocycles. The fraction of sp³-hybridized carbons (Fsp3) is 0.344. The number of hydrogen-bond acceptors (Lipinski definition) is 7. The van der Waals surface area contributed by atoms with E-state index in [4.69, 9.17) is 9.47 Å². The molecular formula is C32H35FN6O3. The number of rotatable bonds is 10. The van der Waals surface area contributed by atoms with Crippen molar-refractivity contribution in [2.24, 2.45) is 0 Å². The van der Waals surface area contributed by atoms with Gasteiger partial charge in [-0.25, -0.2) is 9.07 Å². The van der Waals surface area contributed by atoms with Crippen molar-refractivity contribution >= 4 is 21.8 Å². The van der Waals surface area contributed by atoms with Crippen LogP contribution in [0.25, 0.3) is 27.6 Å². The van der Waals surface area contributed by atoms with Crippen LogP contribution in [0.15, 0.2) is 71.8 Å². The van der Waals surface area contributed by atoms with Crippen LogP contribution in [0.5, 0.6) is 11.5 Å². The van der Waals surface area contributed by atoms with Gasteiger partial charge in [0, 0.05) is 61.5 Å². The van der Waals surface area contributed by atoms with Gasteiger partial charge in [0.1, 0.15) is 23.9 Å². The second kappa shape index (κ2) is 12.3. The van der Waals surface area contributed by atoms with Crippen LogP contribution in [0.1, 0.15) is 12.0 Å². The summed E-state index contributed by atoms with van der Waals surface area (Å²) >= 11 is 0. The molecule has 2 aromatic carbocycles. The molecule has 5 aromatic rings. The fourth-order valence-corrected chi connectivity index (χ4v) is 5.55. The SMILES string of the molecule is COc1ccc2c(OCCn3nc(-n4cc(CCCN5CCN(C)CC5)c5ccc(F)cc54)ccc3=O)ccnc2c1. The Kier molecular flexibility index (Phi) is 8.16. The summed E-state index contributed by atoms with van der Waals surface area (Å²) in [4.78, 5) is 22.0. The standard InChI is InChI=1S/C32H35FN6O3/c1-36-14-16-37(17-15-36)13-3-4-23-22-38(29-20-24(33)5-7-26(23)29)31-9-10-32(40)39(35-31)18-19-42-30-11-12-34-28-21-25(41-2)6-8-27(28)30/h5-12,20-22H,3-4,13-19H2,1-2H3. The van der Waals surface area contributed by atoms with Crippen LogP contribution >= 0.6 is 0 Å². The number of hydrogen-bond donors (Lipinski definition) is 0. The van der Waals surface area contributed by atoms with Gasteiger partial charge in [-0.2, -0.15) is 5.10 Å². The van der Waals surface area contributed by atoms with Gasteiger partial charge in [-0.3, -0.25) is 14.3 Å². The van der Waals surface area contributed by atoms with Crippen LogP contribution < -0.4 is 15.0 Å². The molecule has 1 fully saturated rings. The maximum absolute atomic E-state index is 14.4. The number of nitrogens with zero attached hydrogens (tertiary/aromatic N) is 6. The molecule has 0 bridgehead atoms. The predicted molar refractivity (Wildman–Crippen MR) is 161 cm³/mol. The van der Waals surface area contributed by atoms with Gasteiger partial charge in [0.2, 0.25) is 0 Å². The molecular weight excluding hydrogens is 535 g/mol. The lowest BCUT2D eigenvalue weighted by Crippen LogP contribution is -2.44. The Morgan fingerprint density at radius 1 is 0.952 bits per heavy atom. The number of fused-ring (bicyclic) bond motifs is 2. The zero-order chi connectivity index (χ0) is 29.1. The van der Waals surface area contributed by atoms with Crippen molar-refractivity contribution in [3.63, 3.8) is 0 Å². The van der Waals surface area contributed by atoms with Crippen LogP contribution in [0, 0.1) is 5.82 Å². The monoisotopic (exact) mass is 570 g/mol. The molecule has 0 aliphatic carbocycles. The molecule has 3 aromatic heterocycles. The molecule has 0 saturated carbocycles. The van der Waals surface area contributed by atoms with Crippen molar-refractivity contribution in [1.29, 1.82) is 0 Å². The van der Waals surface area contributed by atoms with Crippen molar-refractivity contribution in [1.82, 2.24) is 29.1 Å². The maximum Gasteiger partial charge on any atom is 0.266 e. The average Bonchev–Trinajstić information content (AvgIpc) is 3.36. The molecule has 0 N–H and O–H groups in total. The van der Waals surface area contributed by atoms with E-state index in [0.717, 1.165) is 78.7 Å². The Labute approximate surface area is 243 Å². The summed E-state index contributed by atoms with van der Waals surface area (Å²) in [7, 11) is 3.78. The van der Waals surface area contributed by atoms with Crippen molar-refractivity contribution in [2.75, 3.05) is 53.5 Å². The third kappa shape index (κ3) is 6.00. The Bertz CT molecular complexity index is 1760. The third-order valence-electron chi connectivity index (χ3n) is 7.94. The quantitative estimate of drug-likeness (QED) is 0.250. The first-order valence-corrected chi connectivity index (χ1v) is 14.3. The molecule has 1 aliphatic rings. The fourth-order valence-electron chi connectivity index (χ4n) is 5.55. The maximum atomic E-state index is 14.4. The van der Waals surface area contributed by atoms with E-state index >= 15 is 0 Å². The molecule has 0 unspecified atom stereocenters. The lowest BCUT2D eigenvalue weighted by atomic mass is 10.1. The van der Waals surface area contributed by atoms with Gasteiger partial charge in [0.15, 0.2) is 5.82 Å². The van der Waals surface area contributed by atoms with Crippen LogP contribution in [0.3, 0.4) is 0 Å². The number of likely N-dealkylation sites (N-methyl/N-ethyl adjacent to an activating group) is 1. The second-order valence-corrected chi connectivity index (χ2v) is 10.7. The molecule has 0 radical (unpaired) electrons. The number of ether oxygens (including phenoxy) is 2. The molecule has 0 amide bonds. The molecule has 0 atom stereocenters. The van der Waals surface area contributed by atoms with E-state index in [2.05, 4.69) is 26.9 Å². The van der Waals surface area contributed by atoms with Crippen LogP contribution in [0.4, 0.5) is 4.39 Å². The summed E-state index contributed by atoms with van der Waals surface area (Å²) in [6, 6.07) is 15.5. The Morgan fingerprint density at radius 2 is 1.79 bits per heavy atom. The van der Waals surface area contributed by atoms with E-state index < -0.39 is 0 Å². The molecule has 1 saturated heterocycles. The van der Waals surface area contributed by atoms with Crippen LogP contribution in [-0.2, 0) is 13.0 Å². The Balaban J connectivity index is 1.19. The van der Waals surface area contributed by atoms with Crippen LogP contribution in [-0.4, -0.2) is 82.6 Å². The van der Waals surface area contributed by atoms with Gasteiger partial charge in [0.25, 0.3) is 5.56 Å². The summed E-state index contributed by atoms with van der Waals surface area (Å²) in [6.07, 6.45) is 5.60. The van der Waals surface area contributed by atoms with Crippen molar-refractivity contribution in [3.05, 3.63) is 88.7 Å². The molecule has 42 heavy (non-hydrogen) atoms. The predicted octanol–water partition coefficient (Wildman–Crippen LogP) is 4.14. The van der Waals surface area contributed by atoms with E-state index in [0.29, 0.717) is 11.6 Å². The first-order chi connectivity index (χ1) is 20.5. The van der Waals surface area contributed by atoms with E-state index in [9.17, 15) is 9.18 Å². The number of piperazine rings is 1. The Morgan fingerprint density at radius 3 is 2.62 bits per heavy atom. The Hall–Kier alpha value is -4.28. The van der Waals surface area contributed by atoms with Gasteiger partial charge >= 0.3 is 0 Å². The van der Waals surface area contributed by atoms with Gasteiger partial charge in [-0.15, -0.1) is 0 Å². The molecule has 218 valence electrons. The number of pyridine rings is 1. The van der Waals surface area contributed by atoms with Crippen LogP contribution in [0.2, 0.25) is 0 Å². The average molecular weight is 571 g/mol. The first kappa shape index (κ1) is 27.9. The minimum atomic E-state index is -0.310. The van der Waals surface area contributed by atoms with Crippen molar-refractivity contribution < 1.29 is 13.9 Å². The van der Waals surface area contributed by atoms with Crippen molar-refractivity contribution in [2.45, 2.75) is 19.4 Å². The minimum Gasteiger partial charge on any atom is -0.497 e. The minimum absolute atomic E-state index is 0.235. The topological polar surface area (TPSA) is 77.7 Å². The zero-order valence-electron chi connectivity index (χ0n) is 24.0. The van der Waals surface area contributed by atoms with Gasteiger partial charge in [-0.05, 0) is 74.5 Å². The summed E-state index contributed by atoms with van der Waals surface area (Å²) in [6.45, 7) is 5.89. The van der Waals surface area contributed by atoms with E-state index in [1.54, 1.807) is 25.4 Å². The number of aryl methyl sites for hydroxylation is 1. The highest BCUT2D eigenvalue weighted by Gasteiger charge is 2.16. The number of halogens is 1. The van der Waals surface area contributed by atoms with Gasteiger partial charge in [-0.1, -0.05) is 0 Å². The largest absolute Gasteiger partial charge is 0.497 e. The molecule has 10 heteroatoms. The number of benzene rings is 2. The van der Waals surface area contributed by atoms with E-state index in [-0.39, 0.29) is 24.5 Å². The molecule has 0 spiro atoms. The molecule has 9 nitrogen and oxygen atoms in total. The van der Waals surface area contributed by atoms with Gasteiger partial charge in [0.05, 0.1) is 24.7 Å². The highest BCUT2D eigenvalue weighted by molar-refractivity contribution is 5.86. The van der Waals surface area contributed by atoms with Gasteiger partial charge < -0.3 is 19.3 Å². The summed E-state index contributed by atoms with van der Waals surface area (Å²) < 4.78 is 29.0. The van der Waals surface area contributed by atoms with E-state index in [1.165, 1.54) is 22.9 Å². The van der Waals surface area contributed by atoms with E-state index in [1.807, 2.05) is 35.0 Å². The smallest absolute Gasteiger partial charge is 0.266 e. The lowest BCUT2D eigenvalue weighted by molar-refractivity contribution is 0.153. The third-order valence-corrected chi connectivity index (χ3v) is 7.94. The normalized spacial score (nSPS) is 14.5. The molecule has 4 heterocycles. The highest BCUT2D eigenvalue weighted by Crippen LogP contribution is 2.28. The first-order valence-electron chi connectivity index (χ1n) is 14.3.